The Labute approximate surface area is 195 Å². The largest absolute Gasteiger partial charge is 0.519 e. The molecule has 33 heavy (non-hydrogen) atoms. The third kappa shape index (κ3) is 5.03. The zero-order chi connectivity index (χ0) is 23.4. The van der Waals surface area contributed by atoms with Gasteiger partial charge in [0.1, 0.15) is 11.5 Å². The monoisotopic (exact) mass is 448 g/mol. The van der Waals surface area contributed by atoms with Gasteiger partial charge in [0.15, 0.2) is 5.78 Å². The Morgan fingerprint density at radius 3 is 2.21 bits per heavy atom. The Morgan fingerprint density at radius 2 is 1.61 bits per heavy atom. The highest BCUT2D eigenvalue weighted by Crippen LogP contribution is 2.48. The molecule has 0 bridgehead atoms. The zero-order valence-electron chi connectivity index (χ0n) is 19.7. The number of carbonyl (C=O) groups is 2. The van der Waals surface area contributed by atoms with Crippen LogP contribution >= 0.6 is 0 Å². The molecule has 2 aromatic rings. The number of aryl methyl sites for hydroxylation is 3. The van der Waals surface area contributed by atoms with Crippen molar-refractivity contribution in [2.75, 3.05) is 13.2 Å². The molecule has 1 saturated heterocycles. The summed E-state index contributed by atoms with van der Waals surface area (Å²) in [6.45, 7) is 7.50. The Morgan fingerprint density at radius 1 is 0.970 bits per heavy atom. The van der Waals surface area contributed by atoms with Gasteiger partial charge in [0, 0.05) is 26.1 Å². The zero-order valence-corrected chi connectivity index (χ0v) is 19.7. The summed E-state index contributed by atoms with van der Waals surface area (Å²) in [5.41, 5.74) is 4.63. The van der Waals surface area contributed by atoms with Crippen LogP contribution in [0.5, 0.6) is 5.75 Å². The van der Waals surface area contributed by atoms with Crippen LogP contribution in [0, 0.1) is 12.3 Å². The summed E-state index contributed by atoms with van der Waals surface area (Å²) in [5, 5.41) is 0. The van der Waals surface area contributed by atoms with Gasteiger partial charge in [-0.15, -0.1) is 0 Å². The Kier molecular flexibility index (Phi) is 6.99. The number of carbonyl (C=O) groups excluding carboxylic acids is 2. The molecule has 0 N–H and O–H groups in total. The molecule has 1 spiro atoms. The summed E-state index contributed by atoms with van der Waals surface area (Å²) in [7, 11) is 0. The normalized spacial score (nSPS) is 17.8. The molecule has 0 unspecified atom stereocenters. The lowest BCUT2D eigenvalue weighted by molar-refractivity contribution is -0.119. The number of hydrogen-bond acceptors (Lipinski definition) is 5. The lowest BCUT2D eigenvalue weighted by atomic mass is 9.67. The maximum atomic E-state index is 13.7. The molecule has 0 aromatic heterocycles. The van der Waals surface area contributed by atoms with Crippen LogP contribution in [0.15, 0.2) is 48.2 Å². The van der Waals surface area contributed by atoms with Gasteiger partial charge >= 0.3 is 6.16 Å². The van der Waals surface area contributed by atoms with E-state index in [9.17, 15) is 9.59 Å². The Bertz CT molecular complexity index is 1040. The van der Waals surface area contributed by atoms with Gasteiger partial charge in [-0.1, -0.05) is 49.7 Å². The maximum Gasteiger partial charge on any atom is 0.519 e. The fourth-order valence-corrected chi connectivity index (χ4v) is 5.13. The van der Waals surface area contributed by atoms with Gasteiger partial charge in [-0.2, -0.15) is 0 Å². The SMILES string of the molecule is CCc1cc(C)cc(CC)c1C1=C(OC(=O)Oc2ccccc2)CC2(CCOCC2)CC1=O. The van der Waals surface area contributed by atoms with Gasteiger partial charge in [0.2, 0.25) is 0 Å². The van der Waals surface area contributed by atoms with Crippen molar-refractivity contribution >= 4 is 17.5 Å². The molecule has 0 radical (unpaired) electrons. The van der Waals surface area contributed by atoms with Crippen molar-refractivity contribution in [1.82, 2.24) is 0 Å². The number of allylic oxidation sites excluding steroid dienone is 2. The van der Waals surface area contributed by atoms with Crippen molar-refractivity contribution in [3.8, 4) is 5.75 Å². The molecule has 1 aliphatic heterocycles. The topological polar surface area (TPSA) is 61.8 Å². The Hall–Kier alpha value is -2.92. The van der Waals surface area contributed by atoms with Crippen molar-refractivity contribution in [3.63, 3.8) is 0 Å². The van der Waals surface area contributed by atoms with Crippen molar-refractivity contribution in [1.29, 1.82) is 0 Å². The van der Waals surface area contributed by atoms with E-state index in [0.717, 1.165) is 42.4 Å². The number of hydrogen-bond donors (Lipinski definition) is 0. The molecule has 0 atom stereocenters. The second-order valence-electron chi connectivity index (χ2n) is 9.12. The quantitative estimate of drug-likeness (QED) is 0.402. The van der Waals surface area contributed by atoms with Crippen molar-refractivity contribution in [2.24, 2.45) is 5.41 Å². The van der Waals surface area contributed by atoms with E-state index in [4.69, 9.17) is 14.2 Å². The van der Waals surface area contributed by atoms with Crippen LogP contribution < -0.4 is 4.74 Å². The molecule has 2 aliphatic rings. The molecule has 0 amide bonds. The minimum atomic E-state index is -0.811. The summed E-state index contributed by atoms with van der Waals surface area (Å²) >= 11 is 0. The van der Waals surface area contributed by atoms with Gasteiger partial charge < -0.3 is 14.2 Å². The van der Waals surface area contributed by atoms with Gasteiger partial charge in [0.05, 0.1) is 5.57 Å². The van der Waals surface area contributed by atoms with E-state index in [1.54, 1.807) is 24.3 Å². The number of rotatable bonds is 5. The summed E-state index contributed by atoms with van der Waals surface area (Å²) in [5.74, 6) is 0.882. The number of benzene rings is 2. The van der Waals surface area contributed by atoms with Gasteiger partial charge in [-0.3, -0.25) is 4.79 Å². The molecule has 2 aromatic carbocycles. The maximum absolute atomic E-state index is 13.7. The average Bonchev–Trinajstić information content (AvgIpc) is 2.80. The van der Waals surface area contributed by atoms with Crippen molar-refractivity contribution in [3.05, 3.63) is 70.5 Å². The third-order valence-corrected chi connectivity index (χ3v) is 6.79. The number of Topliss-reactive ketones (excluding diaryl/α,β-unsaturated/α-hetero) is 1. The molecular weight excluding hydrogens is 416 g/mol. The van der Waals surface area contributed by atoms with Crippen molar-refractivity contribution < 1.29 is 23.8 Å². The molecule has 5 heteroatoms. The second-order valence-corrected chi connectivity index (χ2v) is 9.12. The molecule has 5 nitrogen and oxygen atoms in total. The summed E-state index contributed by atoms with van der Waals surface area (Å²) in [6, 6.07) is 13.1. The first-order valence-corrected chi connectivity index (χ1v) is 11.9. The first-order chi connectivity index (χ1) is 15.9. The summed E-state index contributed by atoms with van der Waals surface area (Å²) < 4.78 is 16.8. The number of ketones is 1. The third-order valence-electron chi connectivity index (χ3n) is 6.79. The number of para-hydroxylation sites is 1. The highest BCUT2D eigenvalue weighted by Gasteiger charge is 2.43. The second kappa shape index (κ2) is 9.92. The van der Waals surface area contributed by atoms with Crippen molar-refractivity contribution in [2.45, 2.75) is 59.3 Å². The van der Waals surface area contributed by atoms with Crippen LogP contribution in [-0.2, 0) is 27.1 Å². The predicted octanol–water partition coefficient (Wildman–Crippen LogP) is 6.21. The lowest BCUT2D eigenvalue weighted by Gasteiger charge is -2.40. The van der Waals surface area contributed by atoms with Crippen LogP contribution in [0.25, 0.3) is 5.57 Å². The first kappa shape index (κ1) is 23.2. The summed E-state index contributed by atoms with van der Waals surface area (Å²) in [6.07, 6.45) is 3.31. The van der Waals surface area contributed by atoms with E-state index in [-0.39, 0.29) is 11.2 Å². The van der Waals surface area contributed by atoms with E-state index >= 15 is 0 Å². The van der Waals surface area contributed by atoms with E-state index in [1.807, 2.05) is 6.07 Å². The number of ether oxygens (including phenoxy) is 3. The highest BCUT2D eigenvalue weighted by atomic mass is 16.7. The first-order valence-electron chi connectivity index (χ1n) is 11.9. The van der Waals surface area contributed by atoms with Crippen LogP contribution in [-0.4, -0.2) is 25.2 Å². The fourth-order valence-electron chi connectivity index (χ4n) is 5.13. The molecule has 174 valence electrons. The predicted molar refractivity (Wildman–Crippen MR) is 127 cm³/mol. The van der Waals surface area contributed by atoms with E-state index in [2.05, 4.69) is 32.9 Å². The average molecular weight is 449 g/mol. The van der Waals surface area contributed by atoms with Gasteiger partial charge in [-0.05, 0) is 66.8 Å². The van der Waals surface area contributed by atoms with E-state index in [0.29, 0.717) is 43.1 Å². The smallest absolute Gasteiger partial charge is 0.398 e. The van der Waals surface area contributed by atoms with E-state index < -0.39 is 6.16 Å². The van der Waals surface area contributed by atoms with Crippen LogP contribution in [0.3, 0.4) is 0 Å². The Balaban J connectivity index is 1.79. The molecule has 1 aliphatic carbocycles. The minimum absolute atomic E-state index is 0.0407. The summed E-state index contributed by atoms with van der Waals surface area (Å²) in [4.78, 5) is 26.5. The highest BCUT2D eigenvalue weighted by molar-refractivity contribution is 6.23. The van der Waals surface area contributed by atoms with Crippen LogP contribution in [0.1, 0.15) is 61.8 Å². The molecular formula is C28H32O5. The van der Waals surface area contributed by atoms with Crippen LogP contribution in [0.2, 0.25) is 0 Å². The standard InChI is InChI=1S/C28H32O5/c1-4-20-15-19(3)16-21(5-2)25(20)26-23(29)17-28(11-13-31-14-12-28)18-24(26)33-27(30)32-22-9-7-6-8-10-22/h6-10,15-16H,4-5,11-14,17-18H2,1-3H3. The van der Waals surface area contributed by atoms with Gasteiger partial charge in [-0.25, -0.2) is 4.79 Å². The molecule has 4 rings (SSSR count). The molecule has 0 saturated carbocycles. The van der Waals surface area contributed by atoms with Gasteiger partial charge in [0.25, 0.3) is 0 Å². The fraction of sp³-hybridized carbons (Fsp3) is 0.429. The molecule has 1 heterocycles. The molecule has 1 fully saturated rings. The minimum Gasteiger partial charge on any atom is -0.398 e. The van der Waals surface area contributed by atoms with Crippen LogP contribution in [0.4, 0.5) is 4.79 Å². The van der Waals surface area contributed by atoms with E-state index in [1.165, 1.54) is 5.56 Å². The lowest BCUT2D eigenvalue weighted by Crippen LogP contribution is -2.37.